The molecule has 116 valence electrons. The number of hydrogen-bond donors (Lipinski definition) is 1. The average Bonchev–Trinajstić information content (AvgIpc) is 2.43. The fraction of sp³-hybridized carbons (Fsp3) is 0.133. The Hall–Kier alpha value is -2.21. The van der Waals surface area contributed by atoms with Crippen LogP contribution in [0.4, 0.5) is 13.2 Å². The van der Waals surface area contributed by atoms with Gasteiger partial charge in [-0.15, -0.1) is 13.2 Å². The van der Waals surface area contributed by atoms with Crippen LogP contribution < -0.4 is 10.5 Å². The lowest BCUT2D eigenvalue weighted by Gasteiger charge is -2.10. The number of nitrogens with two attached hydrogens (primary N) is 1. The van der Waals surface area contributed by atoms with Crippen LogP contribution in [0.3, 0.4) is 0 Å². The van der Waals surface area contributed by atoms with Crippen molar-refractivity contribution in [3.05, 3.63) is 64.7 Å². The smallest absolute Gasteiger partial charge is 0.406 e. The molecule has 0 saturated heterocycles. The van der Waals surface area contributed by atoms with Crippen molar-refractivity contribution >= 4 is 17.4 Å². The molecular formula is C15H12ClF3N2O. The first-order valence-electron chi connectivity index (χ1n) is 6.24. The minimum atomic E-state index is -4.74. The molecule has 0 bridgehead atoms. The number of aliphatic imine (C=N–C) groups is 1. The Morgan fingerprint density at radius 1 is 1.14 bits per heavy atom. The molecule has 0 fully saturated rings. The van der Waals surface area contributed by atoms with Gasteiger partial charge in [-0.3, -0.25) is 4.99 Å². The third-order valence-electron chi connectivity index (χ3n) is 2.68. The molecule has 0 radical (unpaired) electrons. The summed E-state index contributed by atoms with van der Waals surface area (Å²) in [6, 6.07) is 12.4. The highest BCUT2D eigenvalue weighted by Crippen LogP contribution is 2.23. The number of alkyl halides is 3. The highest BCUT2D eigenvalue weighted by molar-refractivity contribution is 6.30. The lowest BCUT2D eigenvalue weighted by Crippen LogP contribution is -2.18. The standard InChI is InChI=1S/C15H12ClF3N2O/c16-12-5-1-3-10(7-12)9-21-14(20)11-4-2-6-13(8-11)22-15(17,18)19/h1-8H,9H2,(H2,20,21). The summed E-state index contributed by atoms with van der Waals surface area (Å²) in [7, 11) is 0. The Morgan fingerprint density at radius 2 is 1.86 bits per heavy atom. The lowest BCUT2D eigenvalue weighted by molar-refractivity contribution is -0.274. The third kappa shape index (κ3) is 4.96. The van der Waals surface area contributed by atoms with Crippen LogP contribution in [0.5, 0.6) is 5.75 Å². The maximum Gasteiger partial charge on any atom is 0.573 e. The number of amidine groups is 1. The minimum Gasteiger partial charge on any atom is -0.406 e. The number of rotatable bonds is 4. The molecule has 0 atom stereocenters. The zero-order chi connectivity index (χ0) is 16.2. The molecule has 0 unspecified atom stereocenters. The van der Waals surface area contributed by atoms with Crippen molar-refractivity contribution in [2.45, 2.75) is 12.9 Å². The quantitative estimate of drug-likeness (QED) is 0.677. The fourth-order valence-corrected chi connectivity index (χ4v) is 1.97. The number of hydrogen-bond acceptors (Lipinski definition) is 2. The first-order chi connectivity index (χ1) is 10.3. The van der Waals surface area contributed by atoms with Crippen LogP contribution in [-0.2, 0) is 6.54 Å². The van der Waals surface area contributed by atoms with Crippen molar-refractivity contribution in [3.8, 4) is 5.75 Å². The number of nitrogens with zero attached hydrogens (tertiary/aromatic N) is 1. The van der Waals surface area contributed by atoms with Crippen molar-refractivity contribution in [1.29, 1.82) is 0 Å². The summed E-state index contributed by atoms with van der Waals surface area (Å²) >= 11 is 5.86. The Kier molecular flexibility index (Phi) is 4.92. The van der Waals surface area contributed by atoms with Crippen LogP contribution >= 0.6 is 11.6 Å². The van der Waals surface area contributed by atoms with Crippen molar-refractivity contribution in [1.82, 2.24) is 0 Å². The molecule has 0 spiro atoms. The van der Waals surface area contributed by atoms with Crippen LogP contribution in [0.15, 0.2) is 53.5 Å². The van der Waals surface area contributed by atoms with Crippen molar-refractivity contribution in [2.24, 2.45) is 10.7 Å². The Labute approximate surface area is 130 Å². The Morgan fingerprint density at radius 3 is 2.55 bits per heavy atom. The molecule has 2 aromatic rings. The second-order valence-corrected chi connectivity index (χ2v) is 4.84. The second-order valence-electron chi connectivity index (χ2n) is 4.41. The van der Waals surface area contributed by atoms with Crippen LogP contribution in [0, 0.1) is 0 Å². The fourth-order valence-electron chi connectivity index (χ4n) is 1.76. The molecule has 0 aliphatic heterocycles. The predicted molar refractivity (Wildman–Crippen MR) is 79.0 cm³/mol. The molecule has 2 rings (SSSR count). The van der Waals surface area contributed by atoms with Gasteiger partial charge in [-0.25, -0.2) is 0 Å². The summed E-state index contributed by atoms with van der Waals surface area (Å²) in [5, 5.41) is 0.576. The van der Waals surface area contributed by atoms with E-state index in [2.05, 4.69) is 9.73 Å². The molecule has 0 aromatic heterocycles. The van der Waals surface area contributed by atoms with Gasteiger partial charge in [-0.2, -0.15) is 0 Å². The van der Waals surface area contributed by atoms with Crippen molar-refractivity contribution < 1.29 is 17.9 Å². The van der Waals surface area contributed by atoms with Gasteiger partial charge in [0.1, 0.15) is 11.6 Å². The molecule has 0 heterocycles. The lowest BCUT2D eigenvalue weighted by atomic mass is 10.2. The largest absolute Gasteiger partial charge is 0.573 e. The van der Waals surface area contributed by atoms with Crippen LogP contribution in [0.2, 0.25) is 5.02 Å². The van der Waals surface area contributed by atoms with Gasteiger partial charge in [0.15, 0.2) is 0 Å². The maximum atomic E-state index is 12.2. The zero-order valence-electron chi connectivity index (χ0n) is 11.3. The van der Waals surface area contributed by atoms with Gasteiger partial charge in [0, 0.05) is 10.6 Å². The molecular weight excluding hydrogens is 317 g/mol. The molecule has 7 heteroatoms. The SMILES string of the molecule is NC(=NCc1cccc(Cl)c1)c1cccc(OC(F)(F)F)c1. The summed E-state index contributed by atoms with van der Waals surface area (Å²) in [5.74, 6) is -0.224. The third-order valence-corrected chi connectivity index (χ3v) is 2.92. The Balaban J connectivity index is 2.13. The molecule has 3 nitrogen and oxygen atoms in total. The number of halogens is 4. The van der Waals surface area contributed by atoms with Gasteiger partial charge in [-0.05, 0) is 29.8 Å². The van der Waals surface area contributed by atoms with E-state index in [0.29, 0.717) is 10.6 Å². The van der Waals surface area contributed by atoms with Gasteiger partial charge in [0.05, 0.1) is 6.54 Å². The normalized spacial score (nSPS) is 12.3. The van der Waals surface area contributed by atoms with E-state index in [4.69, 9.17) is 17.3 Å². The Bertz CT molecular complexity index is 686. The van der Waals surface area contributed by atoms with Crippen LogP contribution in [0.25, 0.3) is 0 Å². The first-order valence-corrected chi connectivity index (χ1v) is 6.62. The minimum absolute atomic E-state index is 0.118. The summed E-state index contributed by atoms with van der Waals surface area (Å²) in [6.45, 7) is 0.275. The average molecular weight is 329 g/mol. The maximum absolute atomic E-state index is 12.2. The van der Waals surface area contributed by atoms with E-state index >= 15 is 0 Å². The topological polar surface area (TPSA) is 47.6 Å². The monoisotopic (exact) mass is 328 g/mol. The predicted octanol–water partition coefficient (Wildman–Crippen LogP) is 4.14. The van der Waals surface area contributed by atoms with E-state index in [1.165, 1.54) is 18.2 Å². The summed E-state index contributed by atoms with van der Waals surface area (Å²) in [4.78, 5) is 4.14. The molecule has 0 amide bonds. The summed E-state index contributed by atoms with van der Waals surface area (Å²) in [5.41, 5.74) is 6.99. The first kappa shape index (κ1) is 16.2. The van der Waals surface area contributed by atoms with Gasteiger partial charge >= 0.3 is 6.36 Å². The number of benzene rings is 2. The van der Waals surface area contributed by atoms with Gasteiger partial charge < -0.3 is 10.5 Å². The molecule has 0 aliphatic rings. The molecule has 0 saturated carbocycles. The van der Waals surface area contributed by atoms with E-state index < -0.39 is 6.36 Å². The van der Waals surface area contributed by atoms with Crippen molar-refractivity contribution in [3.63, 3.8) is 0 Å². The van der Waals surface area contributed by atoms with E-state index in [1.807, 2.05) is 6.07 Å². The van der Waals surface area contributed by atoms with Crippen LogP contribution in [-0.4, -0.2) is 12.2 Å². The van der Waals surface area contributed by atoms with E-state index in [-0.39, 0.29) is 18.1 Å². The van der Waals surface area contributed by atoms with Crippen LogP contribution in [0.1, 0.15) is 11.1 Å². The zero-order valence-corrected chi connectivity index (χ0v) is 12.0. The van der Waals surface area contributed by atoms with Gasteiger partial charge in [-0.1, -0.05) is 35.9 Å². The second kappa shape index (κ2) is 6.70. The van der Waals surface area contributed by atoms with Gasteiger partial charge in [0.2, 0.25) is 0 Å². The van der Waals surface area contributed by atoms with E-state index in [9.17, 15) is 13.2 Å². The van der Waals surface area contributed by atoms with Crippen molar-refractivity contribution in [2.75, 3.05) is 0 Å². The van der Waals surface area contributed by atoms with E-state index in [1.54, 1.807) is 24.3 Å². The molecule has 22 heavy (non-hydrogen) atoms. The highest BCUT2D eigenvalue weighted by atomic mass is 35.5. The number of ether oxygens (including phenoxy) is 1. The van der Waals surface area contributed by atoms with Gasteiger partial charge in [0.25, 0.3) is 0 Å². The van der Waals surface area contributed by atoms with E-state index in [0.717, 1.165) is 5.56 Å². The summed E-state index contributed by atoms with van der Waals surface area (Å²) in [6.07, 6.45) is -4.74. The highest BCUT2D eigenvalue weighted by Gasteiger charge is 2.31. The summed E-state index contributed by atoms with van der Waals surface area (Å²) < 4.78 is 40.4. The molecule has 2 aromatic carbocycles. The molecule has 2 N–H and O–H groups in total. The molecule has 0 aliphatic carbocycles.